The third kappa shape index (κ3) is 7.11. The molecule has 0 radical (unpaired) electrons. The first-order chi connectivity index (χ1) is 14.2. The fraction of sp³-hybridized carbons (Fsp3) is 0.786. The smallest absolute Gasteiger partial charge is 0.126 e. The molecule has 2 aliphatic carbocycles. The first-order valence-electron chi connectivity index (χ1n) is 13.0. The molecule has 0 aliphatic heterocycles. The zero-order chi connectivity index (χ0) is 20.5. The van der Waals surface area contributed by atoms with Gasteiger partial charge in [0.05, 0.1) is 0 Å². The van der Waals surface area contributed by atoms with Gasteiger partial charge in [0.25, 0.3) is 0 Å². The average Bonchev–Trinajstić information content (AvgIpc) is 2.76. The Morgan fingerprint density at radius 1 is 0.724 bits per heavy atom. The first kappa shape index (κ1) is 22.8. The number of aryl methyl sites for hydroxylation is 1. The summed E-state index contributed by atoms with van der Waals surface area (Å²) in [6, 6.07) is 6.23. The lowest BCUT2D eigenvalue weighted by Gasteiger charge is -2.29. The summed E-state index contributed by atoms with van der Waals surface area (Å²) in [5, 5.41) is 0. The van der Waals surface area contributed by atoms with Crippen molar-refractivity contribution in [2.75, 3.05) is 0 Å². The lowest BCUT2D eigenvalue weighted by molar-refractivity contribution is 0.250. The Balaban J connectivity index is 1.42. The van der Waals surface area contributed by atoms with Crippen molar-refractivity contribution in [2.45, 2.75) is 122 Å². The van der Waals surface area contributed by atoms with Crippen LogP contribution in [0.4, 0.5) is 4.39 Å². The van der Waals surface area contributed by atoms with Gasteiger partial charge in [-0.15, -0.1) is 0 Å². The van der Waals surface area contributed by atoms with E-state index < -0.39 is 0 Å². The fourth-order valence-electron chi connectivity index (χ4n) is 5.98. The second-order valence-corrected chi connectivity index (χ2v) is 10.3. The molecule has 164 valence electrons. The fourth-order valence-corrected chi connectivity index (χ4v) is 5.98. The van der Waals surface area contributed by atoms with Crippen LogP contribution in [0.5, 0.6) is 0 Å². The van der Waals surface area contributed by atoms with Gasteiger partial charge in [-0.3, -0.25) is 0 Å². The van der Waals surface area contributed by atoms with Gasteiger partial charge in [-0.05, 0) is 79.4 Å². The van der Waals surface area contributed by atoms with E-state index in [0.717, 1.165) is 29.7 Å². The molecule has 0 unspecified atom stereocenters. The Kier molecular flexibility index (Phi) is 9.53. The van der Waals surface area contributed by atoms with Crippen molar-refractivity contribution < 1.29 is 4.39 Å². The molecule has 1 aromatic carbocycles. The number of hydrogen-bond acceptors (Lipinski definition) is 0. The van der Waals surface area contributed by atoms with Crippen LogP contribution in [0.15, 0.2) is 18.2 Å². The van der Waals surface area contributed by atoms with Crippen LogP contribution >= 0.6 is 0 Å². The minimum absolute atomic E-state index is 0.0720. The molecule has 0 N–H and O–H groups in total. The second kappa shape index (κ2) is 12.1. The molecule has 0 nitrogen and oxygen atoms in total. The number of benzene rings is 1. The lowest BCUT2D eigenvalue weighted by atomic mass is 9.76. The molecule has 0 aromatic heterocycles. The molecule has 1 aromatic rings. The summed E-state index contributed by atoms with van der Waals surface area (Å²) in [6.07, 6.45) is 21.2. The highest BCUT2D eigenvalue weighted by molar-refractivity contribution is 5.28. The number of unbranched alkanes of at least 4 members (excludes halogenated alkanes) is 2. The summed E-state index contributed by atoms with van der Waals surface area (Å²) in [6.45, 7) is 4.58. The van der Waals surface area contributed by atoms with E-state index in [0.29, 0.717) is 5.92 Å². The van der Waals surface area contributed by atoms with E-state index in [-0.39, 0.29) is 5.82 Å². The van der Waals surface area contributed by atoms with Crippen LogP contribution in [0, 0.1) is 23.6 Å². The molecule has 2 aliphatic rings. The highest BCUT2D eigenvalue weighted by Crippen LogP contribution is 2.39. The Morgan fingerprint density at radius 2 is 1.24 bits per heavy atom. The molecular formula is C28H45F. The quantitative estimate of drug-likeness (QED) is 0.367. The molecular weight excluding hydrogens is 355 g/mol. The van der Waals surface area contributed by atoms with E-state index in [1.165, 1.54) is 102 Å². The second-order valence-electron chi connectivity index (χ2n) is 10.3. The first-order valence-corrected chi connectivity index (χ1v) is 13.0. The van der Waals surface area contributed by atoms with Crippen molar-refractivity contribution in [1.29, 1.82) is 0 Å². The molecule has 2 fully saturated rings. The third-order valence-electron chi connectivity index (χ3n) is 8.09. The van der Waals surface area contributed by atoms with Gasteiger partial charge in [-0.25, -0.2) is 4.39 Å². The lowest BCUT2D eigenvalue weighted by Crippen LogP contribution is -2.15. The van der Waals surface area contributed by atoms with Crippen molar-refractivity contribution >= 4 is 0 Å². The summed E-state index contributed by atoms with van der Waals surface area (Å²) >= 11 is 0. The Labute approximate surface area is 180 Å². The molecule has 2 saturated carbocycles. The van der Waals surface area contributed by atoms with E-state index in [1.807, 2.05) is 6.07 Å². The van der Waals surface area contributed by atoms with E-state index in [1.54, 1.807) is 0 Å². The molecule has 29 heavy (non-hydrogen) atoms. The SMILES string of the molecule is CCCCC1CCC(CCc2ccc(C3CCC(CCCC)CC3)c(F)c2)CC1. The van der Waals surface area contributed by atoms with Gasteiger partial charge in [0.1, 0.15) is 5.82 Å². The summed E-state index contributed by atoms with van der Waals surface area (Å²) in [5.74, 6) is 3.28. The Hall–Kier alpha value is -0.850. The van der Waals surface area contributed by atoms with Crippen LogP contribution in [0.2, 0.25) is 0 Å². The zero-order valence-electron chi connectivity index (χ0n) is 19.2. The largest absolute Gasteiger partial charge is 0.207 e. The van der Waals surface area contributed by atoms with Gasteiger partial charge in [-0.1, -0.05) is 90.2 Å². The van der Waals surface area contributed by atoms with Crippen LogP contribution in [-0.2, 0) is 6.42 Å². The summed E-state index contributed by atoms with van der Waals surface area (Å²) in [5.41, 5.74) is 2.22. The number of halogens is 1. The predicted octanol–water partition coefficient (Wildman–Crippen LogP) is 9.22. The van der Waals surface area contributed by atoms with Crippen molar-refractivity contribution in [2.24, 2.45) is 17.8 Å². The van der Waals surface area contributed by atoms with E-state index >= 15 is 0 Å². The van der Waals surface area contributed by atoms with Crippen LogP contribution in [0.25, 0.3) is 0 Å². The molecule has 0 saturated heterocycles. The van der Waals surface area contributed by atoms with Crippen LogP contribution in [0.1, 0.15) is 127 Å². The Bertz CT molecular complexity index is 576. The molecule has 0 bridgehead atoms. The predicted molar refractivity (Wildman–Crippen MR) is 124 cm³/mol. The molecule has 0 heterocycles. The van der Waals surface area contributed by atoms with Gasteiger partial charge >= 0.3 is 0 Å². The molecule has 0 amide bonds. The standard InChI is InChI=1S/C28H45F/c1-3-5-7-22-9-11-24(12-10-22)13-14-25-17-20-27(28(29)21-25)26-18-15-23(16-19-26)8-6-4-2/h17,20-24,26H,3-16,18-19H2,1-2H3. The maximum atomic E-state index is 14.9. The molecule has 1 heteroatoms. The normalized spacial score (nSPS) is 27.8. The topological polar surface area (TPSA) is 0 Å². The molecule has 0 atom stereocenters. The third-order valence-corrected chi connectivity index (χ3v) is 8.09. The maximum absolute atomic E-state index is 14.9. The Morgan fingerprint density at radius 3 is 1.76 bits per heavy atom. The monoisotopic (exact) mass is 400 g/mol. The van der Waals surface area contributed by atoms with E-state index in [4.69, 9.17) is 0 Å². The maximum Gasteiger partial charge on any atom is 0.126 e. The number of hydrogen-bond donors (Lipinski definition) is 0. The number of rotatable bonds is 10. The minimum Gasteiger partial charge on any atom is -0.207 e. The van der Waals surface area contributed by atoms with Crippen LogP contribution in [0.3, 0.4) is 0 Å². The molecule has 3 rings (SSSR count). The van der Waals surface area contributed by atoms with Crippen LogP contribution in [-0.4, -0.2) is 0 Å². The van der Waals surface area contributed by atoms with Crippen molar-refractivity contribution in [3.05, 3.63) is 35.1 Å². The van der Waals surface area contributed by atoms with Gasteiger partial charge in [0.2, 0.25) is 0 Å². The van der Waals surface area contributed by atoms with Gasteiger partial charge in [0, 0.05) is 0 Å². The van der Waals surface area contributed by atoms with Crippen molar-refractivity contribution in [3.63, 3.8) is 0 Å². The summed E-state index contributed by atoms with van der Waals surface area (Å²) < 4.78 is 14.9. The van der Waals surface area contributed by atoms with Crippen molar-refractivity contribution in [1.82, 2.24) is 0 Å². The van der Waals surface area contributed by atoms with E-state index in [2.05, 4.69) is 26.0 Å². The highest BCUT2D eigenvalue weighted by atomic mass is 19.1. The highest BCUT2D eigenvalue weighted by Gasteiger charge is 2.24. The van der Waals surface area contributed by atoms with Crippen LogP contribution < -0.4 is 0 Å². The van der Waals surface area contributed by atoms with Crippen molar-refractivity contribution in [3.8, 4) is 0 Å². The van der Waals surface area contributed by atoms with Gasteiger partial charge in [-0.2, -0.15) is 0 Å². The molecule has 0 spiro atoms. The van der Waals surface area contributed by atoms with Gasteiger partial charge < -0.3 is 0 Å². The van der Waals surface area contributed by atoms with Gasteiger partial charge in [0.15, 0.2) is 0 Å². The van der Waals surface area contributed by atoms with E-state index in [9.17, 15) is 4.39 Å². The zero-order valence-corrected chi connectivity index (χ0v) is 19.2. The average molecular weight is 401 g/mol. The minimum atomic E-state index is 0.0720. The summed E-state index contributed by atoms with van der Waals surface area (Å²) in [7, 11) is 0. The summed E-state index contributed by atoms with van der Waals surface area (Å²) in [4.78, 5) is 0.